The van der Waals surface area contributed by atoms with Crippen LogP contribution in [0, 0.1) is 6.92 Å². The monoisotopic (exact) mass is 259 g/mol. The molecule has 3 heteroatoms. The molecule has 0 saturated carbocycles. The molecule has 0 spiro atoms. The zero-order valence-corrected chi connectivity index (χ0v) is 11.1. The Bertz CT molecular complexity index is 737. The summed E-state index contributed by atoms with van der Waals surface area (Å²) in [5.74, 6) is 0.316. The van der Waals surface area contributed by atoms with Crippen molar-refractivity contribution in [3.05, 3.63) is 48.2 Å². The van der Waals surface area contributed by atoms with Crippen LogP contribution in [0.5, 0.6) is 5.75 Å². The maximum absolute atomic E-state index is 9.61. The molecule has 0 aliphatic heterocycles. The van der Waals surface area contributed by atoms with E-state index < -0.39 is 0 Å². The summed E-state index contributed by atoms with van der Waals surface area (Å²) >= 11 is 0. The number of pyridine rings is 1. The summed E-state index contributed by atoms with van der Waals surface area (Å²) in [4.78, 5) is 0. The van der Waals surface area contributed by atoms with Gasteiger partial charge in [0.25, 0.3) is 0 Å². The topological polar surface area (TPSA) is 24.1 Å². The van der Waals surface area contributed by atoms with Gasteiger partial charge >= 0.3 is 0 Å². The molecule has 92 valence electrons. The minimum Gasteiger partial charge on any atom is -1.00 e. The Morgan fingerprint density at radius 2 is 1.67 bits per heavy atom. The van der Waals surface area contributed by atoms with Crippen molar-refractivity contribution in [1.82, 2.24) is 0 Å². The second-order valence-corrected chi connectivity index (χ2v) is 4.39. The number of hydrogen-bond donors (Lipinski definition) is 1. The van der Waals surface area contributed by atoms with E-state index in [9.17, 15) is 5.11 Å². The van der Waals surface area contributed by atoms with Gasteiger partial charge in [0.1, 0.15) is 12.8 Å². The Balaban J connectivity index is 0.00000120. The number of nitrogens with zero attached hydrogens (tertiary/aromatic N) is 1. The van der Waals surface area contributed by atoms with Crippen LogP contribution < -0.4 is 17.0 Å². The Morgan fingerprint density at radius 1 is 0.944 bits per heavy atom. The van der Waals surface area contributed by atoms with Crippen molar-refractivity contribution in [1.29, 1.82) is 0 Å². The first-order chi connectivity index (χ1) is 8.18. The molecule has 0 saturated heterocycles. The van der Waals surface area contributed by atoms with Crippen molar-refractivity contribution >= 4 is 21.7 Å². The first-order valence-corrected chi connectivity index (χ1v) is 5.68. The molecule has 3 aromatic rings. The van der Waals surface area contributed by atoms with Crippen LogP contribution in [-0.4, -0.2) is 5.11 Å². The number of fused-ring (bicyclic) bond motifs is 3. The molecule has 3 rings (SSSR count). The summed E-state index contributed by atoms with van der Waals surface area (Å²) < 4.78 is 2.16. The van der Waals surface area contributed by atoms with E-state index in [-0.39, 0.29) is 12.4 Å². The van der Waals surface area contributed by atoms with E-state index in [1.165, 1.54) is 16.3 Å². The molecule has 0 radical (unpaired) electrons. The third-order valence-electron chi connectivity index (χ3n) is 3.45. The van der Waals surface area contributed by atoms with Crippen molar-refractivity contribution in [3.8, 4) is 5.75 Å². The average Bonchev–Trinajstić information content (AvgIpc) is 2.36. The fourth-order valence-electron chi connectivity index (χ4n) is 2.42. The van der Waals surface area contributed by atoms with Crippen molar-refractivity contribution < 1.29 is 22.1 Å². The molecule has 1 aromatic heterocycles. The highest BCUT2D eigenvalue weighted by molar-refractivity contribution is 6.05. The lowest BCUT2D eigenvalue weighted by atomic mass is 10.0. The summed E-state index contributed by atoms with van der Waals surface area (Å²) in [5.41, 5.74) is 2.37. The average molecular weight is 260 g/mol. The van der Waals surface area contributed by atoms with Crippen molar-refractivity contribution in [2.45, 2.75) is 6.92 Å². The Kier molecular flexibility index (Phi) is 3.14. The van der Waals surface area contributed by atoms with Gasteiger partial charge in [-0.1, -0.05) is 12.1 Å². The van der Waals surface area contributed by atoms with Gasteiger partial charge in [-0.25, -0.2) is 0 Å². The van der Waals surface area contributed by atoms with E-state index in [1.54, 1.807) is 6.07 Å². The smallest absolute Gasteiger partial charge is 0.213 e. The number of rotatable bonds is 0. The lowest BCUT2D eigenvalue weighted by Crippen LogP contribution is -3.00. The number of aromatic hydroxyl groups is 1. The summed E-state index contributed by atoms with van der Waals surface area (Å²) in [6.07, 6.45) is 0. The molecule has 2 nitrogen and oxygen atoms in total. The van der Waals surface area contributed by atoms with Crippen LogP contribution in [-0.2, 0) is 7.05 Å². The molecular formula is C15H14ClNO. The molecule has 18 heavy (non-hydrogen) atoms. The second kappa shape index (κ2) is 4.46. The fraction of sp³-hybridized carbons (Fsp3) is 0.133. The Morgan fingerprint density at radius 3 is 2.44 bits per heavy atom. The third-order valence-corrected chi connectivity index (χ3v) is 3.45. The molecule has 1 N–H and O–H groups in total. The molecule has 0 atom stereocenters. The number of aryl methyl sites for hydroxylation is 2. The summed E-state index contributed by atoms with van der Waals surface area (Å²) in [6, 6.07) is 13.9. The van der Waals surface area contributed by atoms with E-state index in [0.717, 1.165) is 11.1 Å². The van der Waals surface area contributed by atoms with E-state index in [2.05, 4.69) is 30.7 Å². The third kappa shape index (κ3) is 1.70. The van der Waals surface area contributed by atoms with E-state index in [1.807, 2.05) is 24.3 Å². The normalized spacial score (nSPS) is 10.6. The van der Waals surface area contributed by atoms with Gasteiger partial charge in [-0.2, -0.15) is 4.57 Å². The van der Waals surface area contributed by atoms with Gasteiger partial charge in [-0.3, -0.25) is 0 Å². The maximum Gasteiger partial charge on any atom is 0.213 e. The van der Waals surface area contributed by atoms with E-state index in [0.29, 0.717) is 5.75 Å². The first-order valence-electron chi connectivity index (χ1n) is 5.68. The summed E-state index contributed by atoms with van der Waals surface area (Å²) in [6.45, 7) is 2.08. The lowest BCUT2D eigenvalue weighted by Gasteiger charge is -2.06. The van der Waals surface area contributed by atoms with Gasteiger partial charge in [0.05, 0.1) is 10.8 Å². The predicted molar refractivity (Wildman–Crippen MR) is 69.0 cm³/mol. The van der Waals surface area contributed by atoms with Crippen LogP contribution in [0.3, 0.4) is 0 Å². The zero-order valence-electron chi connectivity index (χ0n) is 10.3. The van der Waals surface area contributed by atoms with Gasteiger partial charge in [0.15, 0.2) is 5.69 Å². The lowest BCUT2D eigenvalue weighted by molar-refractivity contribution is -0.649. The van der Waals surface area contributed by atoms with Crippen LogP contribution in [0.25, 0.3) is 21.7 Å². The van der Waals surface area contributed by atoms with Crippen LogP contribution in [0.15, 0.2) is 42.5 Å². The molecule has 1 heterocycles. The molecular weight excluding hydrogens is 246 g/mol. The molecule has 0 unspecified atom stereocenters. The quantitative estimate of drug-likeness (QED) is 0.440. The van der Waals surface area contributed by atoms with E-state index in [4.69, 9.17) is 0 Å². The standard InChI is InChI=1S/C15H13NO.ClH/c1-10-14-9-11(17)7-8-12(14)13-5-3-4-6-15(13)16(10)2;/h3-9H,1-2H3;1H. The SMILES string of the molecule is Cc1c2cc(O)ccc2c2ccccc2[n+]1C.[Cl-]. The van der Waals surface area contributed by atoms with Gasteiger partial charge < -0.3 is 17.5 Å². The molecule has 2 aromatic carbocycles. The number of benzene rings is 2. The van der Waals surface area contributed by atoms with Gasteiger partial charge in [-0.15, -0.1) is 0 Å². The number of hydrogen-bond acceptors (Lipinski definition) is 1. The number of aromatic nitrogens is 1. The number of halogens is 1. The van der Waals surface area contributed by atoms with E-state index >= 15 is 0 Å². The van der Waals surface area contributed by atoms with Crippen molar-refractivity contribution in [2.75, 3.05) is 0 Å². The van der Waals surface area contributed by atoms with Crippen molar-refractivity contribution in [2.24, 2.45) is 7.05 Å². The molecule has 0 aliphatic rings. The van der Waals surface area contributed by atoms with Crippen LogP contribution in [0.2, 0.25) is 0 Å². The largest absolute Gasteiger partial charge is 1.00 e. The van der Waals surface area contributed by atoms with Gasteiger partial charge in [0, 0.05) is 18.4 Å². The molecule has 0 fully saturated rings. The molecule has 0 bridgehead atoms. The highest BCUT2D eigenvalue weighted by Crippen LogP contribution is 2.27. The minimum absolute atomic E-state index is 0. The molecule has 0 amide bonds. The fourth-order valence-corrected chi connectivity index (χ4v) is 2.42. The summed E-state index contributed by atoms with van der Waals surface area (Å²) in [7, 11) is 2.06. The summed E-state index contributed by atoms with van der Waals surface area (Å²) in [5, 5.41) is 13.1. The Hall–Kier alpha value is -1.80. The number of phenolic OH excluding ortho intramolecular Hbond substituents is 1. The minimum atomic E-state index is 0. The predicted octanol–water partition coefficient (Wildman–Crippen LogP) is -0.164. The maximum atomic E-state index is 9.61. The highest BCUT2D eigenvalue weighted by atomic mass is 35.5. The Labute approximate surface area is 112 Å². The highest BCUT2D eigenvalue weighted by Gasteiger charge is 2.14. The van der Waals surface area contributed by atoms with Crippen molar-refractivity contribution in [3.63, 3.8) is 0 Å². The first kappa shape index (κ1) is 12.7. The van der Waals surface area contributed by atoms with Crippen LogP contribution in [0.4, 0.5) is 0 Å². The van der Waals surface area contributed by atoms with Gasteiger partial charge in [-0.05, 0) is 24.3 Å². The number of phenols is 1. The zero-order chi connectivity index (χ0) is 12.0. The van der Waals surface area contributed by atoms with Crippen LogP contribution in [0.1, 0.15) is 5.69 Å². The second-order valence-electron chi connectivity index (χ2n) is 4.39. The number of para-hydroxylation sites is 1. The molecule has 0 aliphatic carbocycles. The van der Waals surface area contributed by atoms with Gasteiger partial charge in [0.2, 0.25) is 5.52 Å². The van der Waals surface area contributed by atoms with Crippen LogP contribution >= 0.6 is 0 Å².